The summed E-state index contributed by atoms with van der Waals surface area (Å²) in [6.07, 6.45) is 3.26. The fraction of sp³-hybridized carbons (Fsp3) is 0.367. The zero-order chi connectivity index (χ0) is 28.8. The molecule has 1 aliphatic heterocycles. The molecule has 214 valence electrons. The molecule has 1 saturated heterocycles. The highest BCUT2D eigenvalue weighted by atomic mass is 32.2. The molecule has 2 aliphatic carbocycles. The number of rotatable bonds is 9. The van der Waals surface area contributed by atoms with Gasteiger partial charge in [0.15, 0.2) is 0 Å². The molecule has 11 heteroatoms. The van der Waals surface area contributed by atoms with Crippen LogP contribution in [0.3, 0.4) is 0 Å². The molecule has 3 amide bonds. The van der Waals surface area contributed by atoms with Crippen LogP contribution in [0.2, 0.25) is 0 Å². The summed E-state index contributed by atoms with van der Waals surface area (Å²) in [4.78, 5) is 32.7. The Labute approximate surface area is 238 Å². The van der Waals surface area contributed by atoms with Gasteiger partial charge in [-0.3, -0.25) is 9.52 Å². The Bertz CT molecular complexity index is 1620. The van der Waals surface area contributed by atoms with Gasteiger partial charge in [0, 0.05) is 42.0 Å². The largest absolute Gasteiger partial charge is 0.497 e. The number of carbonyl (C=O) groups excluding carboxylic acids is 2. The minimum absolute atomic E-state index is 0.286. The van der Waals surface area contributed by atoms with E-state index < -0.39 is 32.8 Å². The van der Waals surface area contributed by atoms with E-state index in [4.69, 9.17) is 14.5 Å². The lowest BCUT2D eigenvalue weighted by molar-refractivity contribution is -0.122. The van der Waals surface area contributed by atoms with Gasteiger partial charge in [0.05, 0.1) is 30.1 Å². The predicted octanol–water partition coefficient (Wildman–Crippen LogP) is 3.63. The van der Waals surface area contributed by atoms with Gasteiger partial charge in [-0.1, -0.05) is 36.4 Å². The van der Waals surface area contributed by atoms with Crippen LogP contribution < -0.4 is 19.5 Å². The Morgan fingerprint density at radius 3 is 2.59 bits per heavy atom. The molecule has 6 rings (SSSR count). The van der Waals surface area contributed by atoms with Gasteiger partial charge in [0.2, 0.25) is 10.0 Å². The summed E-state index contributed by atoms with van der Waals surface area (Å²) >= 11 is 0. The summed E-state index contributed by atoms with van der Waals surface area (Å²) in [5, 5.41) is 3.10. The average molecular weight is 577 g/mol. The zero-order valence-electron chi connectivity index (χ0n) is 22.7. The van der Waals surface area contributed by atoms with Crippen LogP contribution in [0.4, 0.5) is 4.79 Å². The number of methoxy groups -OCH3 is 1. The molecule has 0 bridgehead atoms. The highest BCUT2D eigenvalue weighted by Crippen LogP contribution is 2.45. The second-order valence-corrected chi connectivity index (χ2v) is 12.8. The van der Waals surface area contributed by atoms with Gasteiger partial charge >= 0.3 is 6.03 Å². The van der Waals surface area contributed by atoms with Gasteiger partial charge < -0.3 is 19.7 Å². The zero-order valence-corrected chi connectivity index (χ0v) is 23.5. The highest BCUT2D eigenvalue weighted by Gasteiger charge is 2.61. The van der Waals surface area contributed by atoms with Gasteiger partial charge in [-0.15, -0.1) is 6.58 Å². The fourth-order valence-electron chi connectivity index (χ4n) is 5.33. The average Bonchev–Trinajstić information content (AvgIpc) is 3.90. The standard InChI is InChI=1S/C30H32N4O6S/c1-3-20-17-30(20,28(35)33-41(37,38)23-10-11-23)32-29(36)34-14-13-22(18-34)40-27-16-25(19-7-5-4-6-8-19)31-26-15-21(39-2)9-12-24(26)27/h3-9,12,15-16,20,22-23H,1,10-11,13-14,17-18H2,2H3,(H,32,36)(H,33,35)/t20-,22-,30?/m1/s1. The van der Waals surface area contributed by atoms with Crippen LogP contribution >= 0.6 is 0 Å². The first kappa shape index (κ1) is 27.1. The minimum Gasteiger partial charge on any atom is -0.497 e. The smallest absolute Gasteiger partial charge is 0.318 e. The van der Waals surface area contributed by atoms with Crippen molar-refractivity contribution in [3.05, 3.63) is 67.3 Å². The van der Waals surface area contributed by atoms with Crippen molar-refractivity contribution in [3.8, 4) is 22.8 Å². The van der Waals surface area contributed by atoms with Crippen LogP contribution in [-0.4, -0.2) is 67.3 Å². The molecule has 2 saturated carbocycles. The van der Waals surface area contributed by atoms with Crippen molar-refractivity contribution in [2.45, 2.75) is 42.6 Å². The topological polar surface area (TPSA) is 127 Å². The number of aromatic nitrogens is 1. The van der Waals surface area contributed by atoms with Crippen molar-refractivity contribution >= 4 is 32.9 Å². The summed E-state index contributed by atoms with van der Waals surface area (Å²) in [6, 6.07) is 16.9. The second-order valence-electron chi connectivity index (χ2n) is 10.9. The van der Waals surface area contributed by atoms with Crippen LogP contribution in [0, 0.1) is 5.92 Å². The summed E-state index contributed by atoms with van der Waals surface area (Å²) in [5.74, 6) is 0.290. The third-order valence-electron chi connectivity index (χ3n) is 8.01. The Kier molecular flexibility index (Phi) is 6.85. The number of fused-ring (bicyclic) bond motifs is 1. The van der Waals surface area contributed by atoms with E-state index in [9.17, 15) is 18.0 Å². The first-order valence-corrected chi connectivity index (χ1v) is 15.2. The van der Waals surface area contributed by atoms with Crippen molar-refractivity contribution in [1.82, 2.24) is 19.9 Å². The van der Waals surface area contributed by atoms with E-state index in [-0.39, 0.29) is 12.0 Å². The van der Waals surface area contributed by atoms with Crippen molar-refractivity contribution in [3.63, 3.8) is 0 Å². The number of benzene rings is 2. The predicted molar refractivity (Wildman–Crippen MR) is 154 cm³/mol. The van der Waals surface area contributed by atoms with Gasteiger partial charge in [0.1, 0.15) is 23.1 Å². The number of amides is 3. The van der Waals surface area contributed by atoms with E-state index in [1.54, 1.807) is 18.1 Å². The van der Waals surface area contributed by atoms with Gasteiger partial charge in [-0.05, 0) is 31.4 Å². The molecular weight excluding hydrogens is 544 g/mol. The van der Waals surface area contributed by atoms with Crippen molar-refractivity contribution in [1.29, 1.82) is 0 Å². The Morgan fingerprint density at radius 1 is 1.12 bits per heavy atom. The van der Waals surface area contributed by atoms with Crippen LogP contribution in [0.5, 0.6) is 11.5 Å². The molecule has 1 aromatic heterocycles. The molecule has 41 heavy (non-hydrogen) atoms. The number of nitrogens with one attached hydrogen (secondary N) is 2. The maximum atomic E-state index is 13.3. The number of hydrogen-bond donors (Lipinski definition) is 2. The second kappa shape index (κ2) is 10.4. The van der Waals surface area contributed by atoms with E-state index >= 15 is 0 Å². The number of pyridine rings is 1. The third-order valence-corrected chi connectivity index (χ3v) is 9.83. The van der Waals surface area contributed by atoms with E-state index in [1.165, 1.54) is 0 Å². The molecular formula is C30H32N4O6S. The van der Waals surface area contributed by atoms with Crippen LogP contribution in [0.1, 0.15) is 25.7 Å². The number of urea groups is 1. The van der Waals surface area contributed by atoms with E-state index in [2.05, 4.69) is 16.6 Å². The van der Waals surface area contributed by atoms with Gasteiger partial charge in [-0.2, -0.15) is 0 Å². The van der Waals surface area contributed by atoms with Crippen molar-refractivity contribution in [2.24, 2.45) is 5.92 Å². The maximum Gasteiger partial charge on any atom is 0.318 e. The Balaban J connectivity index is 1.17. The molecule has 0 spiro atoms. The number of ether oxygens (including phenoxy) is 2. The molecule has 2 aromatic carbocycles. The number of hydrogen-bond acceptors (Lipinski definition) is 7. The van der Waals surface area contributed by atoms with Crippen LogP contribution in [0.15, 0.2) is 67.3 Å². The first-order chi connectivity index (χ1) is 19.7. The summed E-state index contributed by atoms with van der Waals surface area (Å²) in [7, 11) is -2.13. The lowest BCUT2D eigenvalue weighted by Crippen LogP contribution is -2.55. The summed E-state index contributed by atoms with van der Waals surface area (Å²) < 4.78 is 38.8. The molecule has 3 atom stereocenters. The third kappa shape index (κ3) is 5.33. The quantitative estimate of drug-likeness (QED) is 0.373. The van der Waals surface area contributed by atoms with Crippen molar-refractivity contribution in [2.75, 3.05) is 20.2 Å². The van der Waals surface area contributed by atoms with E-state index in [0.29, 0.717) is 50.3 Å². The number of sulfonamides is 1. The van der Waals surface area contributed by atoms with E-state index in [1.807, 2.05) is 54.6 Å². The lowest BCUT2D eigenvalue weighted by atomic mass is 10.1. The maximum absolute atomic E-state index is 13.3. The SMILES string of the molecule is C=C[C@@H]1CC1(NC(=O)N1CC[C@@H](Oc2cc(-c3ccccc3)nc3cc(OC)ccc23)C1)C(=O)NS(=O)(=O)C1CC1. The molecule has 1 unspecified atom stereocenters. The Hall–Kier alpha value is -4.12. The number of carbonyl (C=O) groups is 2. The number of likely N-dealkylation sites (tertiary alicyclic amines) is 1. The van der Waals surface area contributed by atoms with Crippen molar-refractivity contribution < 1.29 is 27.5 Å². The van der Waals surface area contributed by atoms with Gasteiger partial charge in [0.25, 0.3) is 5.91 Å². The number of nitrogens with zero attached hydrogens (tertiary/aromatic N) is 2. The molecule has 2 heterocycles. The Morgan fingerprint density at radius 2 is 1.90 bits per heavy atom. The molecule has 3 aromatic rings. The van der Waals surface area contributed by atoms with Gasteiger partial charge in [-0.25, -0.2) is 18.2 Å². The minimum atomic E-state index is -3.74. The molecule has 0 radical (unpaired) electrons. The molecule has 3 aliphatic rings. The summed E-state index contributed by atoms with van der Waals surface area (Å²) in [5.41, 5.74) is 1.12. The first-order valence-electron chi connectivity index (χ1n) is 13.7. The van der Waals surface area contributed by atoms with Crippen LogP contribution in [-0.2, 0) is 14.8 Å². The summed E-state index contributed by atoms with van der Waals surface area (Å²) in [6.45, 7) is 4.48. The fourth-order valence-corrected chi connectivity index (χ4v) is 6.70. The molecule has 3 fully saturated rings. The highest BCUT2D eigenvalue weighted by molar-refractivity contribution is 7.91. The van der Waals surface area contributed by atoms with Crippen LogP contribution in [0.25, 0.3) is 22.2 Å². The molecule has 10 nitrogen and oxygen atoms in total. The molecule has 2 N–H and O–H groups in total. The normalized spacial score (nSPS) is 23.6. The monoisotopic (exact) mass is 576 g/mol. The lowest BCUT2D eigenvalue weighted by Gasteiger charge is -2.23. The van der Waals surface area contributed by atoms with E-state index in [0.717, 1.165) is 22.2 Å².